The van der Waals surface area contributed by atoms with E-state index < -0.39 is 0 Å². The molecule has 0 aliphatic carbocycles. The van der Waals surface area contributed by atoms with Crippen LogP contribution in [0.3, 0.4) is 0 Å². The van der Waals surface area contributed by atoms with Crippen LogP contribution in [0.5, 0.6) is 0 Å². The van der Waals surface area contributed by atoms with Crippen LogP contribution in [0.4, 0.5) is 0 Å². The Hall–Kier alpha value is -2.37. The van der Waals surface area contributed by atoms with Gasteiger partial charge in [-0.25, -0.2) is 0 Å². The maximum Gasteiger partial charge on any atom is 0.253 e. The minimum Gasteiger partial charge on any atom is -0.338 e. The predicted molar refractivity (Wildman–Crippen MR) is 89.4 cm³/mol. The number of carbonyl (C=O) groups is 3. The van der Waals surface area contributed by atoms with Crippen molar-refractivity contribution in [2.45, 2.75) is 19.3 Å². The van der Waals surface area contributed by atoms with E-state index in [-0.39, 0.29) is 24.3 Å². The summed E-state index contributed by atoms with van der Waals surface area (Å²) < 4.78 is 0. The molecule has 1 aromatic rings. The molecule has 0 spiro atoms. The number of piperazine rings is 1. The van der Waals surface area contributed by atoms with Gasteiger partial charge in [0.25, 0.3) is 5.91 Å². The Kier molecular flexibility index (Phi) is 5.13. The smallest absolute Gasteiger partial charge is 0.253 e. The van der Waals surface area contributed by atoms with E-state index in [1.165, 1.54) is 0 Å². The van der Waals surface area contributed by atoms with E-state index in [4.69, 9.17) is 0 Å². The van der Waals surface area contributed by atoms with E-state index in [1.54, 1.807) is 14.7 Å². The topological polar surface area (TPSA) is 60.9 Å². The van der Waals surface area contributed by atoms with Gasteiger partial charge in [0.05, 0.1) is 6.54 Å². The van der Waals surface area contributed by atoms with Crippen LogP contribution in [0.2, 0.25) is 0 Å². The van der Waals surface area contributed by atoms with Crippen LogP contribution in [0.15, 0.2) is 30.3 Å². The monoisotopic (exact) mass is 329 g/mol. The van der Waals surface area contributed by atoms with Crippen molar-refractivity contribution in [3.05, 3.63) is 35.9 Å². The Morgan fingerprint density at radius 1 is 0.875 bits per heavy atom. The number of amides is 3. The summed E-state index contributed by atoms with van der Waals surface area (Å²) >= 11 is 0. The molecule has 0 saturated carbocycles. The second kappa shape index (κ2) is 7.47. The fourth-order valence-corrected chi connectivity index (χ4v) is 3.21. The fraction of sp³-hybridized carbons (Fsp3) is 0.500. The van der Waals surface area contributed by atoms with Gasteiger partial charge in [-0.05, 0) is 25.0 Å². The molecule has 24 heavy (non-hydrogen) atoms. The van der Waals surface area contributed by atoms with Gasteiger partial charge in [0, 0.05) is 44.7 Å². The molecular formula is C18H23N3O3. The van der Waals surface area contributed by atoms with E-state index in [0.29, 0.717) is 44.7 Å². The fourth-order valence-electron chi connectivity index (χ4n) is 3.21. The number of nitrogens with zero attached hydrogens (tertiary/aromatic N) is 3. The summed E-state index contributed by atoms with van der Waals surface area (Å²) in [5, 5.41) is 0. The minimum absolute atomic E-state index is 0.00825. The van der Waals surface area contributed by atoms with Crippen molar-refractivity contribution in [2.24, 2.45) is 0 Å². The molecule has 128 valence electrons. The van der Waals surface area contributed by atoms with Gasteiger partial charge in [-0.2, -0.15) is 0 Å². The highest BCUT2D eigenvalue weighted by molar-refractivity contribution is 5.94. The molecule has 0 unspecified atom stereocenters. The zero-order valence-corrected chi connectivity index (χ0v) is 13.8. The van der Waals surface area contributed by atoms with Crippen molar-refractivity contribution >= 4 is 17.7 Å². The van der Waals surface area contributed by atoms with Gasteiger partial charge in [-0.1, -0.05) is 18.2 Å². The zero-order chi connectivity index (χ0) is 16.9. The number of hydrogen-bond donors (Lipinski definition) is 0. The lowest BCUT2D eigenvalue weighted by Crippen LogP contribution is -2.53. The van der Waals surface area contributed by atoms with E-state index in [2.05, 4.69) is 0 Å². The lowest BCUT2D eigenvalue weighted by molar-refractivity contribution is -0.142. The van der Waals surface area contributed by atoms with Crippen LogP contribution in [-0.2, 0) is 9.59 Å². The van der Waals surface area contributed by atoms with E-state index in [1.807, 2.05) is 30.3 Å². The van der Waals surface area contributed by atoms with Gasteiger partial charge >= 0.3 is 0 Å². The van der Waals surface area contributed by atoms with Crippen LogP contribution < -0.4 is 0 Å². The Labute approximate surface area is 142 Å². The third-order valence-corrected chi connectivity index (χ3v) is 4.69. The number of likely N-dealkylation sites (tertiary alicyclic amines) is 1. The minimum atomic E-state index is -0.0166. The first-order chi connectivity index (χ1) is 11.6. The van der Waals surface area contributed by atoms with Crippen LogP contribution in [0, 0.1) is 0 Å². The number of carbonyl (C=O) groups excluding carboxylic acids is 3. The normalized spacial score (nSPS) is 18.7. The number of hydrogen-bond acceptors (Lipinski definition) is 3. The number of rotatable bonds is 3. The van der Waals surface area contributed by atoms with Crippen molar-refractivity contribution in [1.82, 2.24) is 14.7 Å². The average molecular weight is 329 g/mol. The Morgan fingerprint density at radius 3 is 2.21 bits per heavy atom. The third kappa shape index (κ3) is 3.75. The molecule has 2 aliphatic heterocycles. The highest BCUT2D eigenvalue weighted by Crippen LogP contribution is 2.12. The second-order valence-corrected chi connectivity index (χ2v) is 6.31. The van der Waals surface area contributed by atoms with Gasteiger partial charge in [0.15, 0.2) is 0 Å². The number of piperidine rings is 1. The van der Waals surface area contributed by atoms with Gasteiger partial charge in [0.2, 0.25) is 11.8 Å². The van der Waals surface area contributed by atoms with Crippen molar-refractivity contribution < 1.29 is 14.4 Å². The van der Waals surface area contributed by atoms with Crippen LogP contribution >= 0.6 is 0 Å². The summed E-state index contributed by atoms with van der Waals surface area (Å²) in [6.07, 6.45) is 2.44. The molecular weight excluding hydrogens is 306 g/mol. The molecule has 0 radical (unpaired) electrons. The van der Waals surface area contributed by atoms with Crippen molar-refractivity contribution in [3.8, 4) is 0 Å². The molecule has 0 aromatic heterocycles. The summed E-state index contributed by atoms with van der Waals surface area (Å²) in [6, 6.07) is 9.20. The maximum atomic E-state index is 12.4. The molecule has 0 atom stereocenters. The predicted octanol–water partition coefficient (Wildman–Crippen LogP) is 0.983. The first-order valence-corrected chi connectivity index (χ1v) is 8.55. The van der Waals surface area contributed by atoms with E-state index >= 15 is 0 Å². The molecule has 3 amide bonds. The van der Waals surface area contributed by atoms with Gasteiger partial charge in [-0.15, -0.1) is 0 Å². The van der Waals surface area contributed by atoms with E-state index in [0.717, 1.165) is 12.8 Å². The first kappa shape index (κ1) is 16.5. The van der Waals surface area contributed by atoms with Crippen molar-refractivity contribution in [2.75, 3.05) is 39.3 Å². The summed E-state index contributed by atoms with van der Waals surface area (Å²) in [7, 11) is 0. The second-order valence-electron chi connectivity index (χ2n) is 6.31. The molecule has 2 fully saturated rings. The lowest BCUT2D eigenvalue weighted by atomic mass is 10.1. The van der Waals surface area contributed by atoms with Crippen LogP contribution in [0.1, 0.15) is 29.6 Å². The summed E-state index contributed by atoms with van der Waals surface area (Å²) in [4.78, 5) is 41.8. The lowest BCUT2D eigenvalue weighted by Gasteiger charge is -2.36. The van der Waals surface area contributed by atoms with Gasteiger partial charge in [-0.3, -0.25) is 14.4 Å². The summed E-state index contributed by atoms with van der Waals surface area (Å²) in [5.41, 5.74) is 0.677. The summed E-state index contributed by atoms with van der Waals surface area (Å²) in [5.74, 6) is 0.0680. The van der Waals surface area contributed by atoms with Crippen molar-refractivity contribution in [1.29, 1.82) is 0 Å². The molecule has 6 nitrogen and oxygen atoms in total. The van der Waals surface area contributed by atoms with Crippen LogP contribution in [0.25, 0.3) is 0 Å². The van der Waals surface area contributed by atoms with Crippen LogP contribution in [-0.4, -0.2) is 71.7 Å². The molecule has 2 heterocycles. The van der Waals surface area contributed by atoms with E-state index in [9.17, 15) is 14.4 Å². The maximum absolute atomic E-state index is 12.4. The van der Waals surface area contributed by atoms with Gasteiger partial charge in [0.1, 0.15) is 0 Å². The van der Waals surface area contributed by atoms with Gasteiger partial charge < -0.3 is 14.7 Å². The molecule has 2 aliphatic rings. The first-order valence-electron chi connectivity index (χ1n) is 8.55. The SMILES string of the molecule is O=C(CN1CCCCC1=O)N1CCN(C(=O)c2ccccc2)CC1. The zero-order valence-electron chi connectivity index (χ0n) is 13.8. The largest absolute Gasteiger partial charge is 0.338 e. The molecule has 1 aromatic carbocycles. The number of benzene rings is 1. The Bertz CT molecular complexity index is 609. The van der Waals surface area contributed by atoms with Crippen molar-refractivity contribution in [3.63, 3.8) is 0 Å². The molecule has 0 N–H and O–H groups in total. The molecule has 6 heteroatoms. The average Bonchev–Trinajstić information content (AvgIpc) is 2.64. The summed E-state index contributed by atoms with van der Waals surface area (Å²) in [6.45, 7) is 2.97. The Morgan fingerprint density at radius 2 is 1.54 bits per heavy atom. The third-order valence-electron chi connectivity index (χ3n) is 4.69. The Balaban J connectivity index is 1.50. The highest BCUT2D eigenvalue weighted by atomic mass is 16.2. The molecule has 2 saturated heterocycles. The molecule has 0 bridgehead atoms. The quantitative estimate of drug-likeness (QED) is 0.831. The standard InChI is InChI=1S/C18H23N3O3/c22-16-8-4-5-9-21(16)14-17(23)19-10-12-20(13-11-19)18(24)15-6-2-1-3-7-15/h1-3,6-7H,4-5,8-14H2. The highest BCUT2D eigenvalue weighted by Gasteiger charge is 2.27. The molecule has 3 rings (SSSR count).